The number of nitrogens with zero attached hydrogens (tertiary/aromatic N) is 3. The molecule has 0 atom stereocenters. The molecule has 7 heteroatoms. The second-order valence-electron chi connectivity index (χ2n) is 4.91. The van der Waals surface area contributed by atoms with Gasteiger partial charge in [0.25, 0.3) is 11.6 Å². The van der Waals surface area contributed by atoms with Crippen molar-refractivity contribution in [3.8, 4) is 0 Å². The van der Waals surface area contributed by atoms with Gasteiger partial charge < -0.3 is 10.6 Å². The average molecular weight is 278 g/mol. The Morgan fingerprint density at radius 3 is 2.75 bits per heavy atom. The van der Waals surface area contributed by atoms with E-state index < -0.39 is 4.92 Å². The summed E-state index contributed by atoms with van der Waals surface area (Å²) in [4.78, 5) is 28.2. The Hall–Kier alpha value is -2.18. The van der Waals surface area contributed by atoms with Gasteiger partial charge in [0.1, 0.15) is 12.0 Å². The molecule has 1 fully saturated rings. The Morgan fingerprint density at radius 1 is 1.55 bits per heavy atom. The van der Waals surface area contributed by atoms with Crippen LogP contribution in [0.4, 0.5) is 11.5 Å². The lowest BCUT2D eigenvalue weighted by molar-refractivity contribution is -0.385. The fourth-order valence-electron chi connectivity index (χ4n) is 2.67. The number of aromatic nitrogens is 1. The number of carbonyl (C=O) groups excluding carboxylic acids is 1. The van der Waals surface area contributed by atoms with Gasteiger partial charge in [-0.3, -0.25) is 14.9 Å². The summed E-state index contributed by atoms with van der Waals surface area (Å²) < 4.78 is 0. The largest absolute Gasteiger partial charge is 0.383 e. The van der Waals surface area contributed by atoms with Gasteiger partial charge in [0.2, 0.25) is 0 Å². The Labute approximate surface area is 116 Å². The summed E-state index contributed by atoms with van der Waals surface area (Å²) in [5.41, 5.74) is 5.60. The van der Waals surface area contributed by atoms with Crippen LogP contribution in [0.5, 0.6) is 0 Å². The first kappa shape index (κ1) is 14.2. The summed E-state index contributed by atoms with van der Waals surface area (Å²) in [6, 6.07) is 1.41. The van der Waals surface area contributed by atoms with Gasteiger partial charge in [-0.25, -0.2) is 4.98 Å². The zero-order chi connectivity index (χ0) is 14.7. The molecule has 1 amide bonds. The summed E-state index contributed by atoms with van der Waals surface area (Å²) in [7, 11) is 0. The third kappa shape index (κ3) is 2.71. The first-order valence-electron chi connectivity index (χ1n) is 6.75. The zero-order valence-electron chi connectivity index (χ0n) is 11.4. The minimum absolute atomic E-state index is 0.0389. The monoisotopic (exact) mass is 278 g/mol. The molecule has 108 valence electrons. The molecule has 20 heavy (non-hydrogen) atoms. The van der Waals surface area contributed by atoms with E-state index >= 15 is 0 Å². The Bertz CT molecular complexity index is 526. The van der Waals surface area contributed by atoms with Crippen LogP contribution in [0.15, 0.2) is 12.3 Å². The minimum Gasteiger partial charge on any atom is -0.383 e. The van der Waals surface area contributed by atoms with Gasteiger partial charge in [0.15, 0.2) is 0 Å². The Balaban J connectivity index is 2.30. The van der Waals surface area contributed by atoms with E-state index in [-0.39, 0.29) is 29.0 Å². The molecule has 0 aliphatic heterocycles. The Kier molecular flexibility index (Phi) is 4.16. The number of hydrogen-bond acceptors (Lipinski definition) is 5. The van der Waals surface area contributed by atoms with Crippen LogP contribution in [-0.2, 0) is 0 Å². The number of rotatable bonds is 4. The predicted molar refractivity (Wildman–Crippen MR) is 74.3 cm³/mol. The first-order chi connectivity index (χ1) is 9.54. The van der Waals surface area contributed by atoms with E-state index in [4.69, 9.17) is 5.73 Å². The van der Waals surface area contributed by atoms with E-state index in [1.807, 2.05) is 6.92 Å². The molecule has 1 aliphatic rings. The Morgan fingerprint density at radius 2 is 2.20 bits per heavy atom. The summed E-state index contributed by atoms with van der Waals surface area (Å²) in [6.07, 6.45) is 5.23. The molecule has 1 aromatic heterocycles. The highest BCUT2D eigenvalue weighted by atomic mass is 16.6. The molecule has 0 saturated heterocycles. The van der Waals surface area contributed by atoms with E-state index in [0.29, 0.717) is 6.54 Å². The lowest BCUT2D eigenvalue weighted by Crippen LogP contribution is -2.39. The fraction of sp³-hybridized carbons (Fsp3) is 0.538. The maximum atomic E-state index is 12.5. The van der Waals surface area contributed by atoms with Gasteiger partial charge >= 0.3 is 0 Å². The van der Waals surface area contributed by atoms with Crippen molar-refractivity contribution in [2.24, 2.45) is 0 Å². The van der Waals surface area contributed by atoms with E-state index in [9.17, 15) is 14.9 Å². The molecular formula is C13H18N4O3. The standard InChI is InChI=1S/C13H18N4O3/c1-2-16(9-5-3-4-6-9)13(18)11-7-10(17(19)20)8-15-12(11)14/h7-9H,2-6H2,1H3,(H2,14,15). The third-order valence-corrected chi connectivity index (χ3v) is 3.71. The molecule has 2 rings (SSSR count). The number of carbonyl (C=O) groups is 1. The van der Waals surface area contributed by atoms with Gasteiger partial charge in [0.05, 0.1) is 10.5 Å². The molecule has 1 aliphatic carbocycles. The van der Waals surface area contributed by atoms with Crippen LogP contribution in [-0.4, -0.2) is 33.3 Å². The van der Waals surface area contributed by atoms with Crippen molar-refractivity contribution in [1.29, 1.82) is 0 Å². The maximum Gasteiger partial charge on any atom is 0.288 e. The number of hydrogen-bond donors (Lipinski definition) is 1. The topological polar surface area (TPSA) is 102 Å². The van der Waals surface area contributed by atoms with Crippen LogP contribution in [0.25, 0.3) is 0 Å². The van der Waals surface area contributed by atoms with Gasteiger partial charge in [-0.1, -0.05) is 12.8 Å². The van der Waals surface area contributed by atoms with Gasteiger partial charge in [0, 0.05) is 18.7 Å². The highest BCUT2D eigenvalue weighted by molar-refractivity contribution is 5.99. The smallest absolute Gasteiger partial charge is 0.288 e. The van der Waals surface area contributed by atoms with Gasteiger partial charge in [-0.2, -0.15) is 0 Å². The molecule has 1 aromatic rings. The summed E-state index contributed by atoms with van der Waals surface area (Å²) in [5.74, 6) is -0.231. The van der Waals surface area contributed by atoms with Crippen molar-refractivity contribution in [3.63, 3.8) is 0 Å². The summed E-state index contributed by atoms with van der Waals surface area (Å²) >= 11 is 0. The molecule has 1 heterocycles. The van der Waals surface area contributed by atoms with Crippen molar-refractivity contribution in [2.75, 3.05) is 12.3 Å². The van der Waals surface area contributed by atoms with Crippen LogP contribution >= 0.6 is 0 Å². The second-order valence-corrected chi connectivity index (χ2v) is 4.91. The lowest BCUT2D eigenvalue weighted by atomic mass is 10.1. The number of anilines is 1. The normalized spacial score (nSPS) is 15.2. The van der Waals surface area contributed by atoms with Gasteiger partial charge in [-0.15, -0.1) is 0 Å². The van der Waals surface area contributed by atoms with Gasteiger partial charge in [-0.05, 0) is 19.8 Å². The molecule has 0 unspecified atom stereocenters. The van der Waals surface area contributed by atoms with E-state index in [1.165, 1.54) is 6.07 Å². The molecule has 0 aromatic carbocycles. The molecule has 7 nitrogen and oxygen atoms in total. The molecular weight excluding hydrogens is 260 g/mol. The minimum atomic E-state index is -0.574. The number of nitrogen functional groups attached to an aromatic ring is 1. The van der Waals surface area contributed by atoms with E-state index in [2.05, 4.69) is 4.98 Å². The van der Waals surface area contributed by atoms with E-state index in [1.54, 1.807) is 4.90 Å². The molecule has 0 bridgehead atoms. The number of nitro groups is 1. The molecule has 0 radical (unpaired) electrons. The van der Waals surface area contributed by atoms with Crippen molar-refractivity contribution in [1.82, 2.24) is 9.88 Å². The first-order valence-corrected chi connectivity index (χ1v) is 6.75. The SMILES string of the molecule is CCN(C(=O)c1cc([N+](=O)[O-])cnc1N)C1CCCC1. The molecule has 1 saturated carbocycles. The fourth-order valence-corrected chi connectivity index (χ4v) is 2.67. The van der Waals surface area contributed by atoms with Crippen LogP contribution < -0.4 is 5.73 Å². The van der Waals surface area contributed by atoms with E-state index in [0.717, 1.165) is 31.9 Å². The van der Waals surface area contributed by atoms with Crippen LogP contribution in [0.1, 0.15) is 43.0 Å². The molecule has 0 spiro atoms. The summed E-state index contributed by atoms with van der Waals surface area (Å²) in [5, 5.41) is 10.8. The summed E-state index contributed by atoms with van der Waals surface area (Å²) in [6.45, 7) is 2.46. The maximum absolute atomic E-state index is 12.5. The highest BCUT2D eigenvalue weighted by Gasteiger charge is 2.28. The number of pyridine rings is 1. The van der Waals surface area contributed by atoms with Crippen LogP contribution in [0, 0.1) is 10.1 Å². The lowest BCUT2D eigenvalue weighted by Gasteiger charge is -2.27. The van der Waals surface area contributed by atoms with Crippen molar-refractivity contribution in [2.45, 2.75) is 38.6 Å². The number of nitrogens with two attached hydrogens (primary N) is 1. The van der Waals surface area contributed by atoms with Crippen molar-refractivity contribution in [3.05, 3.63) is 27.9 Å². The second kappa shape index (κ2) is 5.85. The number of amides is 1. The van der Waals surface area contributed by atoms with Crippen LogP contribution in [0.3, 0.4) is 0 Å². The predicted octanol–water partition coefficient (Wildman–Crippen LogP) is 1.98. The zero-order valence-corrected chi connectivity index (χ0v) is 11.4. The molecule has 2 N–H and O–H groups in total. The average Bonchev–Trinajstić information content (AvgIpc) is 2.93. The van der Waals surface area contributed by atoms with Crippen LogP contribution in [0.2, 0.25) is 0 Å². The van der Waals surface area contributed by atoms with Crippen molar-refractivity contribution < 1.29 is 9.72 Å². The quantitative estimate of drug-likeness (QED) is 0.670. The van der Waals surface area contributed by atoms with Crippen molar-refractivity contribution >= 4 is 17.4 Å². The third-order valence-electron chi connectivity index (χ3n) is 3.71. The highest BCUT2D eigenvalue weighted by Crippen LogP contribution is 2.26.